The zero-order chi connectivity index (χ0) is 16.6. The van der Waals surface area contributed by atoms with Gasteiger partial charge in [-0.05, 0) is 18.2 Å². The highest BCUT2D eigenvalue weighted by molar-refractivity contribution is 5.76. The number of nitrogens with one attached hydrogen (secondary N) is 1. The molecular formula is C16H16N4O3. The third kappa shape index (κ3) is 2.46. The molecule has 118 valence electrons. The average molecular weight is 312 g/mol. The number of H-pyrrole nitrogens is 1. The molecule has 0 aliphatic heterocycles. The molecule has 3 aromatic rings. The topological polar surface area (TPSA) is 81.9 Å². The number of aryl methyl sites for hydroxylation is 1. The van der Waals surface area contributed by atoms with Gasteiger partial charge >= 0.3 is 5.69 Å². The van der Waals surface area contributed by atoms with Crippen LogP contribution in [0.5, 0.6) is 5.75 Å². The van der Waals surface area contributed by atoms with E-state index in [0.29, 0.717) is 17.0 Å². The number of benzene rings is 1. The number of para-hydroxylation sites is 1. The van der Waals surface area contributed by atoms with Crippen LogP contribution in [0.25, 0.3) is 23.3 Å². The molecule has 0 amide bonds. The van der Waals surface area contributed by atoms with Gasteiger partial charge in [-0.2, -0.15) is 0 Å². The van der Waals surface area contributed by atoms with Gasteiger partial charge in [0.1, 0.15) is 17.1 Å². The number of imidazole rings is 1. The van der Waals surface area contributed by atoms with Crippen molar-refractivity contribution in [3.8, 4) is 5.75 Å². The first-order valence-electron chi connectivity index (χ1n) is 6.99. The van der Waals surface area contributed by atoms with E-state index >= 15 is 0 Å². The van der Waals surface area contributed by atoms with E-state index in [-0.39, 0.29) is 0 Å². The van der Waals surface area contributed by atoms with Gasteiger partial charge in [0, 0.05) is 19.7 Å². The maximum atomic E-state index is 12.1. The van der Waals surface area contributed by atoms with E-state index < -0.39 is 11.2 Å². The van der Waals surface area contributed by atoms with Gasteiger partial charge in [-0.3, -0.25) is 13.9 Å². The van der Waals surface area contributed by atoms with Crippen molar-refractivity contribution in [2.75, 3.05) is 7.11 Å². The molecule has 0 spiro atoms. The van der Waals surface area contributed by atoms with Crippen molar-refractivity contribution in [3.05, 3.63) is 56.5 Å². The lowest BCUT2D eigenvalue weighted by Gasteiger charge is -2.02. The summed E-state index contributed by atoms with van der Waals surface area (Å²) < 4.78 is 7.67. The Morgan fingerprint density at radius 1 is 1.13 bits per heavy atom. The standard InChI is InChI=1S/C16H16N4O3/c1-19-14-13(15(21)20(2)16(19)22)17-12(18-14)9-8-10-6-4-5-7-11(10)23-3/h4-9H,1-3H3,(H,17,18)/b9-8+. The number of hydrogen-bond donors (Lipinski definition) is 1. The second-order valence-electron chi connectivity index (χ2n) is 5.10. The number of rotatable bonds is 3. The van der Waals surface area contributed by atoms with Crippen LogP contribution in [0.2, 0.25) is 0 Å². The summed E-state index contributed by atoms with van der Waals surface area (Å²) in [6.07, 6.45) is 3.57. The van der Waals surface area contributed by atoms with Crippen molar-refractivity contribution < 1.29 is 4.74 Å². The first-order valence-corrected chi connectivity index (χ1v) is 6.99. The molecule has 0 fully saturated rings. The largest absolute Gasteiger partial charge is 0.496 e. The van der Waals surface area contributed by atoms with Crippen molar-refractivity contribution in [2.45, 2.75) is 0 Å². The molecule has 0 radical (unpaired) electrons. The fraction of sp³-hybridized carbons (Fsp3) is 0.188. The summed E-state index contributed by atoms with van der Waals surface area (Å²) in [4.78, 5) is 31.3. The maximum absolute atomic E-state index is 12.1. The lowest BCUT2D eigenvalue weighted by molar-refractivity contribution is 0.414. The molecule has 23 heavy (non-hydrogen) atoms. The number of methoxy groups -OCH3 is 1. The van der Waals surface area contributed by atoms with E-state index in [1.165, 1.54) is 11.6 Å². The zero-order valence-electron chi connectivity index (χ0n) is 13.0. The Morgan fingerprint density at radius 3 is 2.61 bits per heavy atom. The van der Waals surface area contributed by atoms with Crippen molar-refractivity contribution >= 4 is 23.3 Å². The van der Waals surface area contributed by atoms with E-state index in [4.69, 9.17) is 4.74 Å². The van der Waals surface area contributed by atoms with Gasteiger partial charge in [0.15, 0.2) is 5.65 Å². The Morgan fingerprint density at radius 2 is 1.87 bits per heavy atom. The van der Waals surface area contributed by atoms with E-state index in [2.05, 4.69) is 9.97 Å². The Kier molecular flexibility index (Phi) is 3.61. The van der Waals surface area contributed by atoms with Crippen LogP contribution < -0.4 is 16.0 Å². The van der Waals surface area contributed by atoms with Crippen LogP contribution in [0.15, 0.2) is 33.9 Å². The summed E-state index contributed by atoms with van der Waals surface area (Å²) in [6, 6.07) is 7.56. The molecule has 0 saturated heterocycles. The molecule has 7 heteroatoms. The summed E-state index contributed by atoms with van der Waals surface area (Å²) in [5, 5.41) is 0. The van der Waals surface area contributed by atoms with Gasteiger partial charge in [-0.1, -0.05) is 18.2 Å². The number of hydrogen-bond acceptors (Lipinski definition) is 4. The lowest BCUT2D eigenvalue weighted by atomic mass is 10.2. The lowest BCUT2D eigenvalue weighted by Crippen LogP contribution is -2.36. The molecule has 7 nitrogen and oxygen atoms in total. The molecule has 0 unspecified atom stereocenters. The molecule has 1 aromatic carbocycles. The van der Waals surface area contributed by atoms with Crippen molar-refractivity contribution in [2.24, 2.45) is 14.1 Å². The molecule has 0 bridgehead atoms. The van der Waals surface area contributed by atoms with Crippen LogP contribution in [0.3, 0.4) is 0 Å². The molecule has 0 aliphatic carbocycles. The highest BCUT2D eigenvalue weighted by Gasteiger charge is 2.12. The predicted molar refractivity (Wildman–Crippen MR) is 88.5 cm³/mol. The monoisotopic (exact) mass is 312 g/mol. The number of aromatic nitrogens is 4. The predicted octanol–water partition coefficient (Wildman–Crippen LogP) is 1.14. The number of fused-ring (bicyclic) bond motifs is 1. The summed E-state index contributed by atoms with van der Waals surface area (Å²) in [7, 11) is 4.63. The van der Waals surface area contributed by atoms with Crippen molar-refractivity contribution in [1.29, 1.82) is 0 Å². The molecule has 3 rings (SSSR count). The maximum Gasteiger partial charge on any atom is 0.332 e. The smallest absolute Gasteiger partial charge is 0.332 e. The van der Waals surface area contributed by atoms with Crippen LogP contribution in [-0.4, -0.2) is 26.2 Å². The fourth-order valence-electron chi connectivity index (χ4n) is 2.40. The molecule has 2 aromatic heterocycles. The molecule has 0 atom stereocenters. The Labute approximate surface area is 131 Å². The summed E-state index contributed by atoms with van der Waals surface area (Å²) in [5.74, 6) is 1.23. The third-order valence-corrected chi connectivity index (χ3v) is 3.67. The zero-order valence-corrected chi connectivity index (χ0v) is 13.0. The van der Waals surface area contributed by atoms with Crippen LogP contribution in [-0.2, 0) is 14.1 Å². The summed E-state index contributed by atoms with van der Waals surface area (Å²) in [6.45, 7) is 0. The van der Waals surface area contributed by atoms with Crippen LogP contribution in [0.4, 0.5) is 0 Å². The highest BCUT2D eigenvalue weighted by atomic mass is 16.5. The molecule has 0 saturated carbocycles. The Bertz CT molecular complexity index is 1020. The second kappa shape index (κ2) is 5.60. The third-order valence-electron chi connectivity index (χ3n) is 3.67. The van der Waals surface area contributed by atoms with Crippen LogP contribution in [0, 0.1) is 0 Å². The van der Waals surface area contributed by atoms with Gasteiger partial charge in [-0.15, -0.1) is 0 Å². The highest BCUT2D eigenvalue weighted by Crippen LogP contribution is 2.19. The van der Waals surface area contributed by atoms with E-state index in [1.54, 1.807) is 20.2 Å². The average Bonchev–Trinajstić information content (AvgIpc) is 3.01. The number of ether oxygens (including phenoxy) is 1. The van der Waals surface area contributed by atoms with E-state index in [1.807, 2.05) is 30.3 Å². The minimum atomic E-state index is -0.408. The SMILES string of the molecule is COc1ccccc1/C=C/c1nc2c([nH]1)c(=O)n(C)c(=O)n2C. The Hall–Kier alpha value is -3.09. The second-order valence-corrected chi connectivity index (χ2v) is 5.10. The molecular weight excluding hydrogens is 296 g/mol. The Balaban J connectivity index is 2.10. The number of nitrogens with zero attached hydrogens (tertiary/aromatic N) is 3. The van der Waals surface area contributed by atoms with Gasteiger partial charge in [0.25, 0.3) is 5.56 Å². The van der Waals surface area contributed by atoms with Gasteiger partial charge in [0.2, 0.25) is 0 Å². The minimum Gasteiger partial charge on any atom is -0.496 e. The van der Waals surface area contributed by atoms with Gasteiger partial charge < -0.3 is 9.72 Å². The van der Waals surface area contributed by atoms with Crippen molar-refractivity contribution in [1.82, 2.24) is 19.1 Å². The van der Waals surface area contributed by atoms with E-state index in [0.717, 1.165) is 15.9 Å². The number of aromatic amines is 1. The normalized spacial score (nSPS) is 11.4. The van der Waals surface area contributed by atoms with Gasteiger partial charge in [0.05, 0.1) is 7.11 Å². The summed E-state index contributed by atoms with van der Waals surface area (Å²) >= 11 is 0. The van der Waals surface area contributed by atoms with Crippen LogP contribution >= 0.6 is 0 Å². The first kappa shape index (κ1) is 14.8. The molecule has 0 aliphatic rings. The van der Waals surface area contributed by atoms with Crippen LogP contribution in [0.1, 0.15) is 11.4 Å². The summed E-state index contributed by atoms with van der Waals surface area (Å²) in [5.41, 5.74) is 0.714. The first-order chi connectivity index (χ1) is 11.0. The fourth-order valence-corrected chi connectivity index (χ4v) is 2.40. The molecule has 1 N–H and O–H groups in total. The van der Waals surface area contributed by atoms with E-state index in [9.17, 15) is 9.59 Å². The van der Waals surface area contributed by atoms with Gasteiger partial charge in [-0.25, -0.2) is 9.78 Å². The minimum absolute atomic E-state index is 0.300. The van der Waals surface area contributed by atoms with Crippen molar-refractivity contribution in [3.63, 3.8) is 0 Å². The molecule has 2 heterocycles. The quantitative estimate of drug-likeness (QED) is 0.786.